The third-order valence-corrected chi connectivity index (χ3v) is 2.71. The van der Waals surface area contributed by atoms with Crippen LogP contribution in [-0.4, -0.2) is 39.2 Å². The molecule has 0 saturated carbocycles. The molecule has 0 aliphatic rings. The van der Waals surface area contributed by atoms with E-state index >= 15 is 0 Å². The SMILES string of the molecule is CC(C)CN(CCCN)c1nccn2cnnc12. The van der Waals surface area contributed by atoms with Gasteiger partial charge in [-0.15, -0.1) is 10.2 Å². The van der Waals surface area contributed by atoms with Crippen LogP contribution in [0.5, 0.6) is 0 Å². The zero-order valence-corrected chi connectivity index (χ0v) is 11.0. The van der Waals surface area contributed by atoms with Gasteiger partial charge in [-0.3, -0.25) is 4.40 Å². The largest absolute Gasteiger partial charge is 0.353 e. The molecule has 0 saturated heterocycles. The van der Waals surface area contributed by atoms with Crippen molar-refractivity contribution in [3.63, 3.8) is 0 Å². The van der Waals surface area contributed by atoms with E-state index < -0.39 is 0 Å². The fourth-order valence-electron chi connectivity index (χ4n) is 1.97. The Bertz CT molecular complexity index is 492. The van der Waals surface area contributed by atoms with Gasteiger partial charge in [0.15, 0.2) is 5.82 Å². The summed E-state index contributed by atoms with van der Waals surface area (Å²) in [5.41, 5.74) is 6.40. The Kier molecular flexibility index (Phi) is 4.09. The van der Waals surface area contributed by atoms with Gasteiger partial charge in [0, 0.05) is 25.5 Å². The first-order valence-electron chi connectivity index (χ1n) is 6.31. The predicted octanol–water partition coefficient (Wildman–Crippen LogP) is 0.935. The maximum Gasteiger partial charge on any atom is 0.203 e. The molecule has 2 aromatic heterocycles. The highest BCUT2D eigenvalue weighted by molar-refractivity contribution is 5.63. The molecule has 18 heavy (non-hydrogen) atoms. The smallest absolute Gasteiger partial charge is 0.203 e. The minimum atomic E-state index is 0.563. The Morgan fingerprint density at radius 3 is 3.00 bits per heavy atom. The van der Waals surface area contributed by atoms with Gasteiger partial charge in [0.1, 0.15) is 6.33 Å². The zero-order valence-electron chi connectivity index (χ0n) is 11.0. The number of nitrogens with two attached hydrogens (primary N) is 1. The number of hydrogen-bond acceptors (Lipinski definition) is 5. The lowest BCUT2D eigenvalue weighted by Crippen LogP contribution is -2.31. The van der Waals surface area contributed by atoms with Gasteiger partial charge in [-0.25, -0.2) is 4.98 Å². The average molecular weight is 248 g/mol. The van der Waals surface area contributed by atoms with Gasteiger partial charge in [-0.2, -0.15) is 0 Å². The lowest BCUT2D eigenvalue weighted by Gasteiger charge is -2.25. The lowest BCUT2D eigenvalue weighted by molar-refractivity contribution is 0.596. The van der Waals surface area contributed by atoms with Gasteiger partial charge in [0.2, 0.25) is 5.65 Å². The molecule has 2 rings (SSSR count). The van der Waals surface area contributed by atoms with Crippen LogP contribution in [0.15, 0.2) is 18.7 Å². The van der Waals surface area contributed by atoms with Crippen molar-refractivity contribution in [3.8, 4) is 0 Å². The third kappa shape index (κ3) is 2.76. The van der Waals surface area contributed by atoms with Gasteiger partial charge in [0.05, 0.1) is 0 Å². The van der Waals surface area contributed by atoms with E-state index in [-0.39, 0.29) is 0 Å². The van der Waals surface area contributed by atoms with Crippen molar-refractivity contribution in [2.45, 2.75) is 20.3 Å². The molecular weight excluding hydrogens is 228 g/mol. The van der Waals surface area contributed by atoms with E-state index in [0.29, 0.717) is 12.5 Å². The van der Waals surface area contributed by atoms with Crippen LogP contribution in [0, 0.1) is 5.92 Å². The van der Waals surface area contributed by atoms with Crippen LogP contribution in [0.1, 0.15) is 20.3 Å². The topological polar surface area (TPSA) is 72.3 Å². The fourth-order valence-corrected chi connectivity index (χ4v) is 1.97. The van der Waals surface area contributed by atoms with Crippen molar-refractivity contribution in [2.75, 3.05) is 24.5 Å². The van der Waals surface area contributed by atoms with E-state index in [1.807, 2.05) is 10.6 Å². The van der Waals surface area contributed by atoms with Crippen molar-refractivity contribution in [3.05, 3.63) is 18.7 Å². The van der Waals surface area contributed by atoms with Gasteiger partial charge in [-0.1, -0.05) is 13.8 Å². The number of anilines is 1. The second-order valence-corrected chi connectivity index (χ2v) is 4.79. The Morgan fingerprint density at radius 1 is 1.44 bits per heavy atom. The lowest BCUT2D eigenvalue weighted by atomic mass is 10.2. The molecule has 0 unspecified atom stereocenters. The number of aromatic nitrogens is 4. The summed E-state index contributed by atoms with van der Waals surface area (Å²) >= 11 is 0. The van der Waals surface area contributed by atoms with Crippen LogP contribution in [-0.2, 0) is 0 Å². The Morgan fingerprint density at radius 2 is 2.28 bits per heavy atom. The summed E-state index contributed by atoms with van der Waals surface area (Å²) in [7, 11) is 0. The number of fused-ring (bicyclic) bond motifs is 1. The van der Waals surface area contributed by atoms with E-state index in [0.717, 1.165) is 31.0 Å². The van der Waals surface area contributed by atoms with Crippen LogP contribution in [0.3, 0.4) is 0 Å². The zero-order chi connectivity index (χ0) is 13.0. The molecule has 0 aliphatic carbocycles. The Labute approximate surface area is 107 Å². The van der Waals surface area contributed by atoms with Crippen molar-refractivity contribution in [2.24, 2.45) is 11.7 Å². The summed E-state index contributed by atoms with van der Waals surface area (Å²) < 4.78 is 1.89. The van der Waals surface area contributed by atoms with Crippen LogP contribution >= 0.6 is 0 Å². The molecule has 0 bridgehead atoms. The molecule has 98 valence electrons. The van der Waals surface area contributed by atoms with Crippen LogP contribution < -0.4 is 10.6 Å². The van der Waals surface area contributed by atoms with Gasteiger partial charge < -0.3 is 10.6 Å². The number of hydrogen-bond donors (Lipinski definition) is 1. The van der Waals surface area contributed by atoms with Gasteiger partial charge in [0.25, 0.3) is 0 Å². The molecule has 0 atom stereocenters. The maximum atomic E-state index is 5.60. The molecule has 0 spiro atoms. The molecule has 0 fully saturated rings. The molecule has 0 aromatic carbocycles. The average Bonchev–Trinajstić information content (AvgIpc) is 2.82. The molecule has 6 heteroatoms. The summed E-state index contributed by atoms with van der Waals surface area (Å²) in [5, 5.41) is 8.06. The van der Waals surface area contributed by atoms with Gasteiger partial charge >= 0.3 is 0 Å². The monoisotopic (exact) mass is 248 g/mol. The molecule has 0 radical (unpaired) electrons. The normalized spacial score (nSPS) is 11.3. The minimum Gasteiger partial charge on any atom is -0.353 e. The fraction of sp³-hybridized carbons (Fsp3) is 0.583. The van der Waals surface area contributed by atoms with E-state index in [4.69, 9.17) is 5.73 Å². The van der Waals surface area contributed by atoms with E-state index in [9.17, 15) is 0 Å². The Balaban J connectivity index is 2.30. The first-order chi connectivity index (χ1) is 8.72. The molecular formula is C12H20N6. The molecule has 6 nitrogen and oxygen atoms in total. The standard InChI is InChI=1S/C12H20N6/c1-10(2)8-17(6-3-4-13)11-12-16-15-9-18(12)7-5-14-11/h5,7,9-10H,3-4,6,8,13H2,1-2H3. The summed E-state index contributed by atoms with van der Waals surface area (Å²) in [4.78, 5) is 6.68. The molecule has 2 N–H and O–H groups in total. The number of rotatable bonds is 6. The Hall–Kier alpha value is -1.69. The molecule has 0 amide bonds. The molecule has 0 aliphatic heterocycles. The summed E-state index contributed by atoms with van der Waals surface area (Å²) in [5.74, 6) is 1.45. The molecule has 2 aromatic rings. The third-order valence-electron chi connectivity index (χ3n) is 2.71. The highest BCUT2D eigenvalue weighted by atomic mass is 15.3. The summed E-state index contributed by atoms with van der Waals surface area (Å²) in [6.45, 7) is 6.91. The second-order valence-electron chi connectivity index (χ2n) is 4.79. The minimum absolute atomic E-state index is 0.563. The first-order valence-corrected chi connectivity index (χ1v) is 6.31. The predicted molar refractivity (Wildman–Crippen MR) is 71.5 cm³/mol. The highest BCUT2D eigenvalue weighted by Gasteiger charge is 2.14. The summed E-state index contributed by atoms with van der Waals surface area (Å²) in [6.07, 6.45) is 6.28. The van der Waals surface area contributed by atoms with E-state index in [1.54, 1.807) is 12.5 Å². The van der Waals surface area contributed by atoms with Crippen molar-refractivity contribution >= 4 is 11.5 Å². The quantitative estimate of drug-likeness (QED) is 0.823. The molecule has 2 heterocycles. The van der Waals surface area contributed by atoms with Crippen molar-refractivity contribution < 1.29 is 0 Å². The first kappa shape index (κ1) is 12.8. The van der Waals surface area contributed by atoms with Gasteiger partial charge in [-0.05, 0) is 18.9 Å². The maximum absolute atomic E-state index is 5.60. The number of nitrogens with zero attached hydrogens (tertiary/aromatic N) is 5. The van der Waals surface area contributed by atoms with Crippen molar-refractivity contribution in [1.82, 2.24) is 19.6 Å². The van der Waals surface area contributed by atoms with Crippen LogP contribution in [0.2, 0.25) is 0 Å². The van der Waals surface area contributed by atoms with Crippen molar-refractivity contribution in [1.29, 1.82) is 0 Å². The second kappa shape index (κ2) is 5.77. The van der Waals surface area contributed by atoms with E-state index in [1.165, 1.54) is 0 Å². The van der Waals surface area contributed by atoms with Crippen LogP contribution in [0.25, 0.3) is 5.65 Å². The highest BCUT2D eigenvalue weighted by Crippen LogP contribution is 2.17. The summed E-state index contributed by atoms with van der Waals surface area (Å²) in [6, 6.07) is 0. The van der Waals surface area contributed by atoms with Crippen LogP contribution in [0.4, 0.5) is 5.82 Å². The van der Waals surface area contributed by atoms with E-state index in [2.05, 4.69) is 33.9 Å².